The molecule has 0 amide bonds. The van der Waals surface area contributed by atoms with Crippen molar-refractivity contribution in [2.45, 2.75) is 37.8 Å². The molecule has 2 aliphatic rings. The number of hydrogen-bond acceptors (Lipinski definition) is 2. The molecule has 0 unspecified atom stereocenters. The molecule has 0 bridgehead atoms. The highest BCUT2D eigenvalue weighted by molar-refractivity contribution is 5.29. The van der Waals surface area contributed by atoms with Crippen LogP contribution in [0.1, 0.15) is 24.0 Å². The Hall–Kier alpha value is -1.00. The van der Waals surface area contributed by atoms with Gasteiger partial charge in [-0.2, -0.15) is 0 Å². The molecule has 1 fully saturated rings. The van der Waals surface area contributed by atoms with Crippen LogP contribution >= 0.6 is 0 Å². The van der Waals surface area contributed by atoms with Crippen molar-refractivity contribution in [1.82, 2.24) is 10.2 Å². The quantitative estimate of drug-likeness (QED) is 0.884. The number of alkyl halides is 2. The third-order valence-electron chi connectivity index (χ3n) is 4.23. The van der Waals surface area contributed by atoms with Gasteiger partial charge in [0.25, 0.3) is 5.92 Å². The second kappa shape index (κ2) is 5.17. The molecule has 0 aromatic heterocycles. The summed E-state index contributed by atoms with van der Waals surface area (Å²) in [6, 6.07) is 8.85. The molecule has 1 N–H and O–H groups in total. The molecule has 1 saturated heterocycles. The van der Waals surface area contributed by atoms with E-state index < -0.39 is 5.92 Å². The first-order valence-electron chi connectivity index (χ1n) is 7.03. The average Bonchev–Trinajstić information content (AvgIpc) is 2.41. The number of piperidine rings is 1. The summed E-state index contributed by atoms with van der Waals surface area (Å²) in [4.78, 5) is 2.17. The Kier molecular flexibility index (Phi) is 3.54. The Labute approximate surface area is 112 Å². The SMILES string of the molecule is FC1(F)CCN(C[C@@H]2Cc3ccccc3CN2)CC1. The number of fused-ring (bicyclic) bond motifs is 1. The third-order valence-corrected chi connectivity index (χ3v) is 4.23. The molecule has 1 aromatic carbocycles. The van der Waals surface area contributed by atoms with E-state index in [9.17, 15) is 8.78 Å². The van der Waals surface area contributed by atoms with Crippen molar-refractivity contribution < 1.29 is 8.78 Å². The number of likely N-dealkylation sites (tertiary alicyclic amines) is 1. The van der Waals surface area contributed by atoms with Crippen LogP contribution in [0.4, 0.5) is 8.78 Å². The maximum atomic E-state index is 13.1. The van der Waals surface area contributed by atoms with Crippen molar-refractivity contribution in [3.63, 3.8) is 0 Å². The van der Waals surface area contributed by atoms with E-state index in [1.807, 2.05) is 0 Å². The van der Waals surface area contributed by atoms with Crippen LogP contribution in [0.15, 0.2) is 24.3 Å². The van der Waals surface area contributed by atoms with Crippen LogP contribution in [0, 0.1) is 0 Å². The van der Waals surface area contributed by atoms with Crippen molar-refractivity contribution in [2.75, 3.05) is 19.6 Å². The molecule has 0 saturated carbocycles. The van der Waals surface area contributed by atoms with E-state index in [0.717, 1.165) is 19.5 Å². The first kappa shape index (κ1) is 13.0. The van der Waals surface area contributed by atoms with Gasteiger partial charge in [-0.05, 0) is 17.5 Å². The minimum atomic E-state index is -2.44. The largest absolute Gasteiger partial charge is 0.308 e. The molecular weight excluding hydrogens is 246 g/mol. The van der Waals surface area contributed by atoms with Gasteiger partial charge in [0.15, 0.2) is 0 Å². The summed E-state index contributed by atoms with van der Waals surface area (Å²) in [5.41, 5.74) is 2.76. The summed E-state index contributed by atoms with van der Waals surface area (Å²) in [6.45, 7) is 2.81. The lowest BCUT2D eigenvalue weighted by atomic mass is 9.95. The summed E-state index contributed by atoms with van der Waals surface area (Å²) >= 11 is 0. The zero-order chi connectivity index (χ0) is 13.3. The van der Waals surface area contributed by atoms with Gasteiger partial charge in [0, 0.05) is 45.1 Å². The van der Waals surface area contributed by atoms with E-state index in [1.54, 1.807) is 0 Å². The summed E-state index contributed by atoms with van der Waals surface area (Å²) in [5, 5.41) is 3.51. The van der Waals surface area contributed by atoms with Crippen LogP contribution in [0.5, 0.6) is 0 Å². The number of nitrogens with one attached hydrogen (secondary N) is 1. The number of halogens is 2. The van der Waals surface area contributed by atoms with Crippen LogP contribution in [-0.2, 0) is 13.0 Å². The van der Waals surface area contributed by atoms with E-state index in [-0.39, 0.29) is 12.8 Å². The van der Waals surface area contributed by atoms with Crippen LogP contribution in [0.2, 0.25) is 0 Å². The number of hydrogen-bond donors (Lipinski definition) is 1. The molecule has 2 heterocycles. The Bertz CT molecular complexity index is 438. The summed E-state index contributed by atoms with van der Waals surface area (Å²) in [5.74, 6) is -2.44. The van der Waals surface area contributed by atoms with Gasteiger partial charge < -0.3 is 10.2 Å². The maximum Gasteiger partial charge on any atom is 0.250 e. The molecule has 104 valence electrons. The zero-order valence-corrected chi connectivity index (χ0v) is 11.0. The zero-order valence-electron chi connectivity index (χ0n) is 11.0. The number of nitrogens with zero attached hydrogens (tertiary/aromatic N) is 1. The van der Waals surface area contributed by atoms with Gasteiger partial charge in [-0.25, -0.2) is 8.78 Å². The lowest BCUT2D eigenvalue weighted by Crippen LogP contribution is -2.48. The maximum absolute atomic E-state index is 13.1. The minimum Gasteiger partial charge on any atom is -0.308 e. The number of benzene rings is 1. The summed E-state index contributed by atoms with van der Waals surface area (Å²) < 4.78 is 26.2. The van der Waals surface area contributed by atoms with Gasteiger partial charge in [-0.15, -0.1) is 0 Å². The van der Waals surface area contributed by atoms with Crippen LogP contribution < -0.4 is 5.32 Å². The second-order valence-electron chi connectivity index (χ2n) is 5.71. The molecule has 1 atom stereocenters. The molecule has 3 rings (SSSR count). The van der Waals surface area contributed by atoms with Crippen molar-refractivity contribution in [3.8, 4) is 0 Å². The van der Waals surface area contributed by atoms with Crippen LogP contribution in [-0.4, -0.2) is 36.5 Å². The molecule has 0 aliphatic carbocycles. The molecular formula is C15H20F2N2. The van der Waals surface area contributed by atoms with Gasteiger partial charge in [0.2, 0.25) is 0 Å². The molecule has 0 spiro atoms. The Morgan fingerprint density at radius 2 is 1.84 bits per heavy atom. The van der Waals surface area contributed by atoms with Crippen molar-refractivity contribution in [1.29, 1.82) is 0 Å². The predicted molar refractivity (Wildman–Crippen MR) is 71.4 cm³/mol. The highest BCUT2D eigenvalue weighted by Gasteiger charge is 2.34. The van der Waals surface area contributed by atoms with E-state index in [0.29, 0.717) is 19.1 Å². The highest BCUT2D eigenvalue weighted by Crippen LogP contribution is 2.28. The van der Waals surface area contributed by atoms with Crippen LogP contribution in [0.25, 0.3) is 0 Å². The lowest BCUT2D eigenvalue weighted by molar-refractivity contribution is -0.0564. The normalized spacial score (nSPS) is 26.9. The first-order chi connectivity index (χ1) is 9.12. The first-order valence-corrected chi connectivity index (χ1v) is 7.03. The highest BCUT2D eigenvalue weighted by atomic mass is 19.3. The molecule has 0 radical (unpaired) electrons. The molecule has 4 heteroatoms. The molecule has 1 aromatic rings. The monoisotopic (exact) mass is 266 g/mol. The number of rotatable bonds is 2. The minimum absolute atomic E-state index is 0.0102. The molecule has 2 nitrogen and oxygen atoms in total. The summed E-state index contributed by atoms with van der Waals surface area (Å²) in [7, 11) is 0. The Morgan fingerprint density at radius 3 is 2.58 bits per heavy atom. The van der Waals surface area contributed by atoms with Gasteiger partial charge in [0.05, 0.1) is 0 Å². The van der Waals surface area contributed by atoms with Gasteiger partial charge in [0.1, 0.15) is 0 Å². The topological polar surface area (TPSA) is 15.3 Å². The van der Waals surface area contributed by atoms with Gasteiger partial charge in [-0.1, -0.05) is 24.3 Å². The average molecular weight is 266 g/mol. The van der Waals surface area contributed by atoms with E-state index in [4.69, 9.17) is 0 Å². The predicted octanol–water partition coefficient (Wildman–Crippen LogP) is 2.43. The Balaban J connectivity index is 1.55. The van der Waals surface area contributed by atoms with Crippen molar-refractivity contribution >= 4 is 0 Å². The standard InChI is InChI=1S/C15H20F2N2/c16-15(17)5-7-19(8-6-15)11-14-9-12-3-1-2-4-13(12)10-18-14/h1-4,14,18H,5-11H2/t14-/m0/s1. The van der Waals surface area contributed by atoms with Crippen molar-refractivity contribution in [3.05, 3.63) is 35.4 Å². The van der Waals surface area contributed by atoms with Crippen molar-refractivity contribution in [2.24, 2.45) is 0 Å². The second-order valence-corrected chi connectivity index (χ2v) is 5.71. The van der Waals surface area contributed by atoms with Gasteiger partial charge in [-0.3, -0.25) is 0 Å². The molecule has 2 aliphatic heterocycles. The van der Waals surface area contributed by atoms with E-state index in [2.05, 4.69) is 34.5 Å². The lowest BCUT2D eigenvalue weighted by Gasteiger charge is -2.36. The van der Waals surface area contributed by atoms with Gasteiger partial charge >= 0.3 is 0 Å². The Morgan fingerprint density at radius 1 is 1.16 bits per heavy atom. The smallest absolute Gasteiger partial charge is 0.250 e. The molecule has 19 heavy (non-hydrogen) atoms. The van der Waals surface area contributed by atoms with E-state index in [1.165, 1.54) is 11.1 Å². The fourth-order valence-corrected chi connectivity index (χ4v) is 3.02. The summed E-state index contributed by atoms with van der Waals surface area (Å²) in [6.07, 6.45) is 1.02. The fraction of sp³-hybridized carbons (Fsp3) is 0.600. The van der Waals surface area contributed by atoms with Crippen LogP contribution in [0.3, 0.4) is 0 Å². The third kappa shape index (κ3) is 3.12. The van der Waals surface area contributed by atoms with E-state index >= 15 is 0 Å². The fourth-order valence-electron chi connectivity index (χ4n) is 3.02.